The third-order valence-corrected chi connectivity index (χ3v) is 3.87. The number of aromatic nitrogens is 2. The first-order valence-electron chi connectivity index (χ1n) is 5.55. The third kappa shape index (κ3) is 2.28. The number of hydrogen-bond acceptors (Lipinski definition) is 2. The van der Waals surface area contributed by atoms with Gasteiger partial charge in [-0.25, -0.2) is 9.18 Å². The fourth-order valence-corrected chi connectivity index (χ4v) is 2.57. The molecule has 0 saturated heterocycles. The van der Waals surface area contributed by atoms with E-state index in [1.54, 1.807) is 7.05 Å². The number of halogens is 2. The maximum atomic E-state index is 13.8. The second-order valence-corrected chi connectivity index (χ2v) is 5.13. The van der Waals surface area contributed by atoms with Crippen molar-refractivity contribution in [3.8, 4) is 11.3 Å². The van der Waals surface area contributed by atoms with E-state index in [-0.39, 0.29) is 11.5 Å². The average Bonchev–Trinajstić information content (AvgIpc) is 2.70. The van der Waals surface area contributed by atoms with Crippen LogP contribution in [-0.2, 0) is 7.05 Å². The van der Waals surface area contributed by atoms with Crippen LogP contribution in [0.3, 0.4) is 0 Å². The number of carbonyl (C=O) groups is 1. The molecule has 0 unspecified atom stereocenters. The summed E-state index contributed by atoms with van der Waals surface area (Å²) in [6.45, 7) is 3.67. The molecule has 100 valence electrons. The van der Waals surface area contributed by atoms with E-state index in [4.69, 9.17) is 5.11 Å². The lowest BCUT2D eigenvalue weighted by molar-refractivity contribution is 0.0689. The van der Waals surface area contributed by atoms with E-state index in [1.807, 2.05) is 13.8 Å². The van der Waals surface area contributed by atoms with Crippen molar-refractivity contribution in [2.24, 2.45) is 7.05 Å². The minimum Gasteiger partial charge on any atom is -0.476 e. The Morgan fingerprint density at radius 2 is 2.05 bits per heavy atom. The molecule has 1 N–H and O–H groups in total. The molecule has 0 saturated carbocycles. The maximum absolute atomic E-state index is 13.8. The number of rotatable bonds is 2. The molecule has 0 atom stereocenters. The Bertz CT molecular complexity index is 654. The predicted molar refractivity (Wildman–Crippen MR) is 72.7 cm³/mol. The summed E-state index contributed by atoms with van der Waals surface area (Å²) in [7, 11) is 1.63. The molecule has 1 aromatic heterocycles. The summed E-state index contributed by atoms with van der Waals surface area (Å²) in [5.41, 5.74) is 2.80. The van der Waals surface area contributed by atoms with Crippen LogP contribution in [0.1, 0.15) is 21.6 Å². The van der Waals surface area contributed by atoms with Crippen molar-refractivity contribution in [2.45, 2.75) is 13.8 Å². The zero-order valence-electron chi connectivity index (χ0n) is 10.7. The maximum Gasteiger partial charge on any atom is 0.356 e. The number of benzene rings is 1. The molecule has 19 heavy (non-hydrogen) atoms. The summed E-state index contributed by atoms with van der Waals surface area (Å²) in [5, 5.41) is 12.9. The summed E-state index contributed by atoms with van der Waals surface area (Å²) in [6.07, 6.45) is 0. The Labute approximate surface area is 118 Å². The highest BCUT2D eigenvalue weighted by atomic mass is 79.9. The van der Waals surface area contributed by atoms with E-state index in [0.717, 1.165) is 11.1 Å². The van der Waals surface area contributed by atoms with Gasteiger partial charge in [-0.15, -0.1) is 0 Å². The molecule has 0 aliphatic rings. The standard InChI is InChI=1S/C13H12BrFN2O2/c1-6-4-8(15)12(14)11(7(6)2)10-5-9(13(18)19)16-17(10)3/h4-5H,1-3H3,(H,18,19). The lowest BCUT2D eigenvalue weighted by atomic mass is 10.0. The molecule has 0 radical (unpaired) electrons. The molecule has 0 amide bonds. The monoisotopic (exact) mass is 326 g/mol. The van der Waals surface area contributed by atoms with E-state index >= 15 is 0 Å². The summed E-state index contributed by atoms with van der Waals surface area (Å²) in [6, 6.07) is 2.88. The minimum atomic E-state index is -1.11. The van der Waals surface area contributed by atoms with Crippen LogP contribution >= 0.6 is 15.9 Å². The van der Waals surface area contributed by atoms with Gasteiger partial charge in [0.1, 0.15) is 5.82 Å². The van der Waals surface area contributed by atoms with Crippen molar-refractivity contribution in [1.29, 1.82) is 0 Å². The van der Waals surface area contributed by atoms with Crippen molar-refractivity contribution in [1.82, 2.24) is 9.78 Å². The molecule has 2 aromatic rings. The lowest BCUT2D eigenvalue weighted by Crippen LogP contribution is -2.00. The van der Waals surface area contributed by atoms with Crippen LogP contribution in [0.25, 0.3) is 11.3 Å². The van der Waals surface area contributed by atoms with Crippen LogP contribution in [0.5, 0.6) is 0 Å². The molecule has 0 aliphatic carbocycles. The van der Waals surface area contributed by atoms with Gasteiger partial charge in [-0.1, -0.05) is 0 Å². The number of carboxylic acids is 1. The van der Waals surface area contributed by atoms with Crippen LogP contribution in [0.2, 0.25) is 0 Å². The third-order valence-electron chi connectivity index (χ3n) is 3.09. The smallest absolute Gasteiger partial charge is 0.356 e. The SMILES string of the molecule is Cc1cc(F)c(Br)c(-c2cc(C(=O)O)nn2C)c1C. The highest BCUT2D eigenvalue weighted by molar-refractivity contribution is 9.10. The van der Waals surface area contributed by atoms with Crippen LogP contribution in [0.15, 0.2) is 16.6 Å². The predicted octanol–water partition coefficient (Wildman–Crippen LogP) is 3.30. The van der Waals surface area contributed by atoms with Gasteiger partial charge < -0.3 is 5.11 Å². The normalized spacial score (nSPS) is 10.8. The van der Waals surface area contributed by atoms with Gasteiger partial charge in [-0.3, -0.25) is 4.68 Å². The fourth-order valence-electron chi connectivity index (χ4n) is 1.95. The molecule has 1 aromatic carbocycles. The second kappa shape index (κ2) is 4.77. The second-order valence-electron chi connectivity index (χ2n) is 4.33. The fraction of sp³-hybridized carbons (Fsp3) is 0.231. The zero-order chi connectivity index (χ0) is 14.3. The van der Waals surface area contributed by atoms with E-state index < -0.39 is 5.97 Å². The van der Waals surface area contributed by atoms with E-state index in [2.05, 4.69) is 21.0 Å². The number of carboxylic acid groups (broad SMARTS) is 1. The first-order chi connectivity index (χ1) is 8.82. The Hall–Kier alpha value is -1.69. The summed E-state index contributed by atoms with van der Waals surface area (Å²) in [4.78, 5) is 10.9. The van der Waals surface area contributed by atoms with Crippen molar-refractivity contribution in [2.75, 3.05) is 0 Å². The Morgan fingerprint density at radius 3 is 2.58 bits per heavy atom. The lowest BCUT2D eigenvalue weighted by Gasteiger charge is -2.12. The van der Waals surface area contributed by atoms with Gasteiger partial charge in [0.2, 0.25) is 0 Å². The van der Waals surface area contributed by atoms with Gasteiger partial charge in [0.15, 0.2) is 5.69 Å². The molecule has 6 heteroatoms. The van der Waals surface area contributed by atoms with Crippen molar-refractivity contribution in [3.05, 3.63) is 39.2 Å². The largest absolute Gasteiger partial charge is 0.476 e. The molecule has 4 nitrogen and oxygen atoms in total. The van der Waals surface area contributed by atoms with Gasteiger partial charge >= 0.3 is 5.97 Å². The van der Waals surface area contributed by atoms with Crippen LogP contribution in [0, 0.1) is 19.7 Å². The molecular weight excluding hydrogens is 315 g/mol. The quantitative estimate of drug-likeness (QED) is 0.921. The number of aryl methyl sites for hydroxylation is 2. The Kier molecular flexibility index (Phi) is 3.45. The molecular formula is C13H12BrFN2O2. The Balaban J connectivity index is 2.75. The molecule has 1 heterocycles. The van der Waals surface area contributed by atoms with Gasteiger partial charge in [0, 0.05) is 12.6 Å². The van der Waals surface area contributed by atoms with Gasteiger partial charge in [-0.2, -0.15) is 5.10 Å². The highest BCUT2D eigenvalue weighted by Crippen LogP contribution is 2.35. The topological polar surface area (TPSA) is 55.1 Å². The molecule has 0 fully saturated rings. The van der Waals surface area contributed by atoms with E-state index in [9.17, 15) is 9.18 Å². The zero-order valence-corrected chi connectivity index (χ0v) is 12.2. The molecule has 2 rings (SSSR count). The average molecular weight is 327 g/mol. The number of hydrogen-bond donors (Lipinski definition) is 1. The summed E-state index contributed by atoms with van der Waals surface area (Å²) < 4.78 is 15.6. The van der Waals surface area contributed by atoms with Crippen molar-refractivity contribution in [3.63, 3.8) is 0 Å². The van der Waals surface area contributed by atoms with Crippen LogP contribution < -0.4 is 0 Å². The molecule has 0 bridgehead atoms. The van der Waals surface area contributed by atoms with E-state index in [0.29, 0.717) is 15.7 Å². The minimum absolute atomic E-state index is 0.0642. The van der Waals surface area contributed by atoms with Gasteiger partial charge in [-0.05, 0) is 53.0 Å². The van der Waals surface area contributed by atoms with E-state index in [1.165, 1.54) is 16.8 Å². The number of nitrogens with zero attached hydrogens (tertiary/aromatic N) is 2. The molecule has 0 spiro atoms. The summed E-state index contributed by atoms with van der Waals surface area (Å²) in [5.74, 6) is -1.49. The van der Waals surface area contributed by atoms with Crippen molar-refractivity contribution < 1.29 is 14.3 Å². The van der Waals surface area contributed by atoms with Gasteiger partial charge in [0.05, 0.1) is 10.2 Å². The highest BCUT2D eigenvalue weighted by Gasteiger charge is 2.19. The van der Waals surface area contributed by atoms with Crippen LogP contribution in [0.4, 0.5) is 4.39 Å². The van der Waals surface area contributed by atoms with Gasteiger partial charge in [0.25, 0.3) is 0 Å². The Morgan fingerprint density at radius 1 is 1.42 bits per heavy atom. The first kappa shape index (κ1) is 13.7. The number of aromatic carboxylic acids is 1. The molecule has 0 aliphatic heterocycles. The van der Waals surface area contributed by atoms with Crippen LogP contribution in [-0.4, -0.2) is 20.9 Å². The van der Waals surface area contributed by atoms with Crippen molar-refractivity contribution >= 4 is 21.9 Å². The summed E-state index contributed by atoms with van der Waals surface area (Å²) >= 11 is 3.22. The first-order valence-corrected chi connectivity index (χ1v) is 6.35.